The summed E-state index contributed by atoms with van der Waals surface area (Å²) in [5, 5.41) is 7.61. The predicted molar refractivity (Wildman–Crippen MR) is 88.7 cm³/mol. The Morgan fingerprint density at radius 2 is 1.87 bits per heavy atom. The fraction of sp³-hybridized carbons (Fsp3) is 0. The Morgan fingerprint density at radius 1 is 0.957 bits per heavy atom. The van der Waals surface area contributed by atoms with Crippen LogP contribution in [0.25, 0.3) is 22.0 Å². The molecule has 0 atom stereocenters. The average Bonchev–Trinajstić information content (AvgIpc) is 3.09. The Balaban J connectivity index is 1.77. The Hall–Kier alpha value is -3.34. The summed E-state index contributed by atoms with van der Waals surface area (Å²) in [5.74, 6) is 1.20. The minimum atomic E-state index is -0.190. The van der Waals surface area contributed by atoms with Crippen molar-refractivity contribution in [1.29, 1.82) is 0 Å². The number of aromatic amines is 2. The molecule has 4 aromatic rings. The van der Waals surface area contributed by atoms with Crippen molar-refractivity contribution in [2.24, 2.45) is 0 Å². The number of aromatic nitrogens is 3. The molecule has 0 saturated heterocycles. The van der Waals surface area contributed by atoms with Crippen molar-refractivity contribution in [3.63, 3.8) is 0 Å². The fourth-order valence-electron chi connectivity index (χ4n) is 2.53. The van der Waals surface area contributed by atoms with Crippen LogP contribution in [-0.4, -0.2) is 15.2 Å². The van der Waals surface area contributed by atoms with E-state index in [1.54, 1.807) is 6.20 Å². The Bertz CT molecular complexity index is 1020. The summed E-state index contributed by atoms with van der Waals surface area (Å²) in [7, 11) is 0. The van der Waals surface area contributed by atoms with Crippen LogP contribution in [0.2, 0.25) is 0 Å². The number of nitrogens with zero attached hydrogens (tertiary/aromatic N) is 1. The molecule has 0 saturated carbocycles. The van der Waals surface area contributed by atoms with E-state index in [-0.39, 0.29) is 5.56 Å². The van der Waals surface area contributed by atoms with Gasteiger partial charge in [-0.1, -0.05) is 24.3 Å². The molecule has 0 fully saturated rings. The first-order chi connectivity index (χ1) is 11.3. The number of ether oxygens (including phenoxy) is 1. The van der Waals surface area contributed by atoms with Gasteiger partial charge in [0.05, 0.1) is 11.7 Å². The number of H-pyrrole nitrogens is 2. The van der Waals surface area contributed by atoms with E-state index in [0.717, 1.165) is 22.0 Å². The van der Waals surface area contributed by atoms with Crippen molar-refractivity contribution in [2.45, 2.75) is 0 Å². The summed E-state index contributed by atoms with van der Waals surface area (Å²) >= 11 is 0. The van der Waals surface area contributed by atoms with Crippen LogP contribution in [0.15, 0.2) is 71.8 Å². The van der Waals surface area contributed by atoms with Gasteiger partial charge in [0.2, 0.25) is 0 Å². The lowest BCUT2D eigenvalue weighted by Crippen LogP contribution is -2.04. The number of para-hydroxylation sites is 1. The minimum absolute atomic E-state index is 0.190. The molecule has 0 spiro atoms. The second-order valence-corrected chi connectivity index (χ2v) is 5.16. The smallest absolute Gasteiger partial charge is 0.252 e. The first kappa shape index (κ1) is 13.3. The van der Waals surface area contributed by atoms with Crippen molar-refractivity contribution < 1.29 is 4.74 Å². The van der Waals surface area contributed by atoms with Crippen molar-refractivity contribution in [1.82, 2.24) is 15.2 Å². The molecule has 5 heteroatoms. The molecular weight excluding hydrogens is 290 g/mol. The zero-order chi connectivity index (χ0) is 15.6. The lowest BCUT2D eigenvalue weighted by Gasteiger charge is -2.09. The third-order valence-corrected chi connectivity index (χ3v) is 3.61. The van der Waals surface area contributed by atoms with Crippen LogP contribution >= 0.6 is 0 Å². The second-order valence-electron chi connectivity index (χ2n) is 5.16. The normalized spacial score (nSPS) is 10.8. The van der Waals surface area contributed by atoms with Gasteiger partial charge in [-0.2, -0.15) is 5.10 Å². The van der Waals surface area contributed by atoms with Gasteiger partial charge in [0.25, 0.3) is 5.56 Å². The summed E-state index contributed by atoms with van der Waals surface area (Å²) in [5.41, 5.74) is 2.53. The first-order valence-electron chi connectivity index (χ1n) is 7.19. The number of nitrogens with one attached hydrogen (secondary N) is 2. The van der Waals surface area contributed by atoms with Gasteiger partial charge in [-0.25, -0.2) is 0 Å². The third-order valence-electron chi connectivity index (χ3n) is 3.61. The largest absolute Gasteiger partial charge is 0.456 e. The highest BCUT2D eigenvalue weighted by Crippen LogP contribution is 2.30. The topological polar surface area (TPSA) is 70.8 Å². The van der Waals surface area contributed by atoms with Gasteiger partial charge in [0.15, 0.2) is 0 Å². The van der Waals surface area contributed by atoms with Crippen LogP contribution in [0.1, 0.15) is 0 Å². The van der Waals surface area contributed by atoms with E-state index in [4.69, 9.17) is 4.74 Å². The third kappa shape index (κ3) is 2.60. The molecule has 2 heterocycles. The Morgan fingerprint density at radius 3 is 2.74 bits per heavy atom. The van der Waals surface area contributed by atoms with Crippen molar-refractivity contribution in [2.75, 3.05) is 0 Å². The lowest BCUT2D eigenvalue weighted by molar-refractivity contribution is 0.487. The van der Waals surface area contributed by atoms with Gasteiger partial charge in [-0.15, -0.1) is 0 Å². The number of rotatable bonds is 3. The predicted octanol–water partition coefficient (Wildman–Crippen LogP) is 3.71. The highest BCUT2D eigenvalue weighted by molar-refractivity contribution is 5.85. The molecule has 2 aromatic heterocycles. The summed E-state index contributed by atoms with van der Waals surface area (Å²) in [6, 6.07) is 16.7. The maximum atomic E-state index is 11.8. The summed E-state index contributed by atoms with van der Waals surface area (Å²) in [6.07, 6.45) is 3.57. The molecular formula is C18H13N3O2. The van der Waals surface area contributed by atoms with E-state index in [1.807, 2.05) is 54.7 Å². The maximum Gasteiger partial charge on any atom is 0.252 e. The molecule has 0 radical (unpaired) electrons. The van der Waals surface area contributed by atoms with Crippen molar-refractivity contribution in [3.8, 4) is 22.6 Å². The van der Waals surface area contributed by atoms with Crippen molar-refractivity contribution >= 4 is 10.9 Å². The van der Waals surface area contributed by atoms with E-state index in [9.17, 15) is 4.79 Å². The van der Waals surface area contributed by atoms with Crippen LogP contribution in [0, 0.1) is 0 Å². The second kappa shape index (κ2) is 5.46. The molecule has 0 amide bonds. The molecule has 5 nitrogen and oxygen atoms in total. The first-order valence-corrected chi connectivity index (χ1v) is 7.19. The van der Waals surface area contributed by atoms with E-state index in [0.29, 0.717) is 11.5 Å². The average molecular weight is 303 g/mol. The number of fused-ring (bicyclic) bond motifs is 1. The highest BCUT2D eigenvalue weighted by atomic mass is 16.5. The van der Waals surface area contributed by atoms with Crippen molar-refractivity contribution in [3.05, 3.63) is 77.3 Å². The molecule has 0 bridgehead atoms. The Kier molecular flexibility index (Phi) is 3.16. The SMILES string of the molecule is O=c1cc(Oc2cccc(-c3cn[nH]c3)c2)c2ccccc2[nH]1. The minimum Gasteiger partial charge on any atom is -0.456 e. The summed E-state index contributed by atoms with van der Waals surface area (Å²) < 4.78 is 5.96. The van der Waals surface area contributed by atoms with E-state index >= 15 is 0 Å². The van der Waals surface area contributed by atoms with Gasteiger partial charge in [-0.05, 0) is 29.8 Å². The molecule has 0 aliphatic carbocycles. The molecule has 4 rings (SSSR count). The quantitative estimate of drug-likeness (QED) is 0.606. The highest BCUT2D eigenvalue weighted by Gasteiger charge is 2.07. The molecule has 2 aromatic carbocycles. The van der Waals surface area contributed by atoms with E-state index in [2.05, 4.69) is 15.2 Å². The number of benzene rings is 2. The molecule has 0 aliphatic rings. The van der Waals surface area contributed by atoms with Gasteiger partial charge in [-0.3, -0.25) is 9.89 Å². The van der Waals surface area contributed by atoms with Crippen LogP contribution in [0.5, 0.6) is 11.5 Å². The van der Waals surface area contributed by atoms with Gasteiger partial charge < -0.3 is 9.72 Å². The van der Waals surface area contributed by atoms with Crippen LogP contribution in [0.3, 0.4) is 0 Å². The number of pyridine rings is 1. The lowest BCUT2D eigenvalue weighted by atomic mass is 10.1. The van der Waals surface area contributed by atoms with Gasteiger partial charge in [0, 0.05) is 23.2 Å². The van der Waals surface area contributed by atoms with Crippen LogP contribution < -0.4 is 10.3 Å². The van der Waals surface area contributed by atoms with E-state index < -0.39 is 0 Å². The molecule has 23 heavy (non-hydrogen) atoms. The molecule has 2 N–H and O–H groups in total. The summed E-state index contributed by atoms with van der Waals surface area (Å²) in [6.45, 7) is 0. The molecule has 0 unspecified atom stereocenters. The molecule has 0 aliphatic heterocycles. The number of hydrogen-bond donors (Lipinski definition) is 2. The molecule has 112 valence electrons. The monoisotopic (exact) mass is 303 g/mol. The van der Waals surface area contributed by atoms with Gasteiger partial charge in [0.1, 0.15) is 11.5 Å². The summed E-state index contributed by atoms with van der Waals surface area (Å²) in [4.78, 5) is 14.6. The standard InChI is InChI=1S/C18H13N3O2/c22-18-9-17(15-6-1-2-7-16(15)21-18)23-14-5-3-4-12(8-14)13-10-19-20-11-13/h1-11H,(H,19,20)(H,21,22). The zero-order valence-electron chi connectivity index (χ0n) is 12.1. The van der Waals surface area contributed by atoms with Gasteiger partial charge >= 0.3 is 0 Å². The fourth-order valence-corrected chi connectivity index (χ4v) is 2.53. The van der Waals surface area contributed by atoms with E-state index in [1.165, 1.54) is 6.07 Å². The van der Waals surface area contributed by atoms with Crippen LogP contribution in [0.4, 0.5) is 0 Å². The maximum absolute atomic E-state index is 11.8. The number of hydrogen-bond acceptors (Lipinski definition) is 3. The van der Waals surface area contributed by atoms with Crippen LogP contribution in [-0.2, 0) is 0 Å². The zero-order valence-corrected chi connectivity index (χ0v) is 12.1. The Labute approximate surface area is 131 Å².